The van der Waals surface area contributed by atoms with Gasteiger partial charge >= 0.3 is 0 Å². The van der Waals surface area contributed by atoms with Crippen LogP contribution in [-0.4, -0.2) is 17.4 Å². The van der Waals surface area contributed by atoms with Gasteiger partial charge in [-0.1, -0.05) is 44.0 Å². The van der Waals surface area contributed by atoms with Gasteiger partial charge in [-0.2, -0.15) is 0 Å². The van der Waals surface area contributed by atoms with Gasteiger partial charge in [0.15, 0.2) is 0 Å². The maximum Gasteiger partial charge on any atom is 0.204 e. The van der Waals surface area contributed by atoms with Gasteiger partial charge in [0.25, 0.3) is 0 Å². The van der Waals surface area contributed by atoms with Crippen molar-refractivity contribution in [3.05, 3.63) is 66.0 Å². The quantitative estimate of drug-likeness (QED) is 0.407. The Morgan fingerprint density at radius 1 is 1.14 bits per heavy atom. The number of hydrogen-bond donors (Lipinski definition) is 0. The van der Waals surface area contributed by atoms with Crippen LogP contribution in [0.4, 0.5) is 0 Å². The smallest absolute Gasteiger partial charge is 0.204 e. The SMILES string of the molecule is CCCCCOc1ccc(/C=C/C(=O)c2ccccn2)cc1. The number of rotatable bonds is 8. The Kier molecular flexibility index (Phi) is 6.37. The molecule has 3 heteroatoms. The average molecular weight is 295 g/mol. The molecule has 0 atom stereocenters. The normalized spacial score (nSPS) is 10.8. The number of benzene rings is 1. The van der Waals surface area contributed by atoms with E-state index < -0.39 is 0 Å². The fourth-order valence-corrected chi connectivity index (χ4v) is 1.98. The highest BCUT2D eigenvalue weighted by molar-refractivity contribution is 6.05. The van der Waals surface area contributed by atoms with Crippen LogP contribution in [0, 0.1) is 0 Å². The van der Waals surface area contributed by atoms with Crippen LogP contribution in [0.5, 0.6) is 5.75 Å². The van der Waals surface area contributed by atoms with E-state index in [1.807, 2.05) is 24.3 Å². The van der Waals surface area contributed by atoms with Gasteiger partial charge in [0.2, 0.25) is 5.78 Å². The van der Waals surface area contributed by atoms with E-state index in [9.17, 15) is 4.79 Å². The fraction of sp³-hybridized carbons (Fsp3) is 0.263. The van der Waals surface area contributed by atoms with Crippen molar-refractivity contribution in [3.8, 4) is 5.75 Å². The number of nitrogens with zero attached hydrogens (tertiary/aromatic N) is 1. The molecular formula is C19H21NO2. The molecular weight excluding hydrogens is 274 g/mol. The van der Waals surface area contributed by atoms with E-state index in [-0.39, 0.29) is 5.78 Å². The lowest BCUT2D eigenvalue weighted by Crippen LogP contribution is -1.97. The van der Waals surface area contributed by atoms with E-state index in [1.54, 1.807) is 36.5 Å². The first-order chi connectivity index (χ1) is 10.8. The zero-order valence-corrected chi connectivity index (χ0v) is 12.9. The van der Waals surface area contributed by atoms with Gasteiger partial charge in [-0.25, -0.2) is 0 Å². The molecule has 2 rings (SSSR count). The summed E-state index contributed by atoms with van der Waals surface area (Å²) in [7, 11) is 0. The minimum absolute atomic E-state index is 0.0968. The van der Waals surface area contributed by atoms with Gasteiger partial charge in [0, 0.05) is 6.20 Å². The zero-order valence-electron chi connectivity index (χ0n) is 12.9. The number of ether oxygens (including phenoxy) is 1. The molecule has 0 radical (unpaired) electrons. The monoisotopic (exact) mass is 295 g/mol. The zero-order chi connectivity index (χ0) is 15.6. The van der Waals surface area contributed by atoms with Crippen molar-refractivity contribution < 1.29 is 9.53 Å². The molecule has 2 aromatic rings. The molecule has 1 aromatic heterocycles. The molecule has 0 fully saturated rings. The third-order valence-corrected chi connectivity index (χ3v) is 3.24. The van der Waals surface area contributed by atoms with Crippen LogP contribution in [0.2, 0.25) is 0 Å². The first kappa shape index (κ1) is 16.0. The number of pyridine rings is 1. The number of ketones is 1. The molecule has 1 aromatic carbocycles. The highest BCUT2D eigenvalue weighted by Crippen LogP contribution is 2.14. The van der Waals surface area contributed by atoms with Crippen LogP contribution in [0.25, 0.3) is 6.08 Å². The second-order valence-electron chi connectivity index (χ2n) is 5.04. The molecule has 0 aliphatic carbocycles. The van der Waals surface area contributed by atoms with Gasteiger partial charge in [-0.3, -0.25) is 9.78 Å². The van der Waals surface area contributed by atoms with Crippen LogP contribution < -0.4 is 4.74 Å². The summed E-state index contributed by atoms with van der Waals surface area (Å²) in [4.78, 5) is 15.9. The highest BCUT2D eigenvalue weighted by atomic mass is 16.5. The van der Waals surface area contributed by atoms with Crippen molar-refractivity contribution in [3.63, 3.8) is 0 Å². The third-order valence-electron chi connectivity index (χ3n) is 3.24. The van der Waals surface area contributed by atoms with E-state index in [0.717, 1.165) is 24.3 Å². The van der Waals surface area contributed by atoms with Crippen LogP contribution in [-0.2, 0) is 0 Å². The van der Waals surface area contributed by atoms with Crippen LogP contribution in [0.3, 0.4) is 0 Å². The molecule has 0 saturated heterocycles. The molecule has 0 aliphatic heterocycles. The lowest BCUT2D eigenvalue weighted by molar-refractivity contribution is 0.104. The summed E-state index contributed by atoms with van der Waals surface area (Å²) in [6.07, 6.45) is 8.41. The molecule has 0 amide bonds. The second-order valence-corrected chi connectivity index (χ2v) is 5.04. The van der Waals surface area contributed by atoms with Crippen molar-refractivity contribution in [1.82, 2.24) is 4.98 Å². The standard InChI is InChI=1S/C19H21NO2/c1-2-3-6-15-22-17-11-8-16(9-12-17)10-13-19(21)18-7-4-5-14-20-18/h4-5,7-14H,2-3,6,15H2,1H3/b13-10+. The largest absolute Gasteiger partial charge is 0.494 e. The predicted molar refractivity (Wildman–Crippen MR) is 89.1 cm³/mol. The van der Waals surface area contributed by atoms with E-state index >= 15 is 0 Å². The average Bonchev–Trinajstić information content (AvgIpc) is 2.58. The molecule has 1 heterocycles. The molecule has 0 N–H and O–H groups in total. The lowest BCUT2D eigenvalue weighted by atomic mass is 10.1. The fourth-order valence-electron chi connectivity index (χ4n) is 1.98. The molecule has 0 spiro atoms. The Morgan fingerprint density at radius 3 is 2.64 bits per heavy atom. The molecule has 0 bridgehead atoms. The molecule has 0 aliphatic rings. The number of hydrogen-bond acceptors (Lipinski definition) is 3. The van der Waals surface area contributed by atoms with Gasteiger partial charge in [-0.05, 0) is 42.3 Å². The summed E-state index contributed by atoms with van der Waals surface area (Å²) >= 11 is 0. The van der Waals surface area contributed by atoms with Crippen molar-refractivity contribution >= 4 is 11.9 Å². The first-order valence-corrected chi connectivity index (χ1v) is 7.66. The van der Waals surface area contributed by atoms with Crippen LogP contribution in [0.1, 0.15) is 42.2 Å². The van der Waals surface area contributed by atoms with Gasteiger partial charge < -0.3 is 4.74 Å². The van der Waals surface area contributed by atoms with Gasteiger partial charge in [0.05, 0.1) is 6.61 Å². The summed E-state index contributed by atoms with van der Waals surface area (Å²) in [5.74, 6) is 0.768. The lowest BCUT2D eigenvalue weighted by Gasteiger charge is -2.05. The summed E-state index contributed by atoms with van der Waals surface area (Å²) in [6.45, 7) is 2.93. The predicted octanol–water partition coefficient (Wildman–Crippen LogP) is 4.55. The van der Waals surface area contributed by atoms with Crippen LogP contribution >= 0.6 is 0 Å². The number of carbonyl (C=O) groups is 1. The number of aromatic nitrogens is 1. The maximum atomic E-state index is 11.9. The second kappa shape index (κ2) is 8.78. The Labute approximate surface area is 131 Å². The summed E-state index contributed by atoms with van der Waals surface area (Å²) in [6, 6.07) is 13.0. The van der Waals surface area contributed by atoms with Crippen molar-refractivity contribution in [2.75, 3.05) is 6.61 Å². The molecule has 22 heavy (non-hydrogen) atoms. The summed E-state index contributed by atoms with van der Waals surface area (Å²) in [5.41, 5.74) is 1.42. The minimum atomic E-state index is -0.0968. The Bertz CT molecular complexity index is 603. The topological polar surface area (TPSA) is 39.2 Å². The van der Waals surface area contributed by atoms with Crippen molar-refractivity contribution in [1.29, 1.82) is 0 Å². The Hall–Kier alpha value is -2.42. The van der Waals surface area contributed by atoms with E-state index in [0.29, 0.717) is 5.69 Å². The number of unbranched alkanes of at least 4 members (excludes halogenated alkanes) is 2. The maximum absolute atomic E-state index is 11.9. The number of allylic oxidation sites excluding steroid dienone is 1. The van der Waals surface area contributed by atoms with E-state index in [2.05, 4.69) is 11.9 Å². The molecule has 0 unspecified atom stereocenters. The Morgan fingerprint density at radius 2 is 1.95 bits per heavy atom. The van der Waals surface area contributed by atoms with Crippen molar-refractivity contribution in [2.24, 2.45) is 0 Å². The van der Waals surface area contributed by atoms with Crippen molar-refractivity contribution in [2.45, 2.75) is 26.2 Å². The Balaban J connectivity index is 1.88. The first-order valence-electron chi connectivity index (χ1n) is 7.66. The molecule has 3 nitrogen and oxygen atoms in total. The minimum Gasteiger partial charge on any atom is -0.494 e. The summed E-state index contributed by atoms with van der Waals surface area (Å²) < 4.78 is 5.66. The molecule has 0 saturated carbocycles. The third kappa shape index (κ3) is 5.17. The highest BCUT2D eigenvalue weighted by Gasteiger charge is 2.01. The van der Waals surface area contributed by atoms with E-state index in [1.165, 1.54) is 12.8 Å². The van der Waals surface area contributed by atoms with Crippen LogP contribution in [0.15, 0.2) is 54.7 Å². The van der Waals surface area contributed by atoms with E-state index in [4.69, 9.17) is 4.74 Å². The summed E-state index contributed by atoms with van der Waals surface area (Å²) in [5, 5.41) is 0. The van der Waals surface area contributed by atoms with Gasteiger partial charge in [0.1, 0.15) is 11.4 Å². The van der Waals surface area contributed by atoms with Gasteiger partial charge in [-0.15, -0.1) is 0 Å². The molecule has 114 valence electrons. The number of carbonyl (C=O) groups excluding carboxylic acids is 1.